The van der Waals surface area contributed by atoms with Gasteiger partial charge in [0.05, 0.1) is 12.6 Å². The van der Waals surface area contributed by atoms with Gasteiger partial charge in [-0.2, -0.15) is 0 Å². The van der Waals surface area contributed by atoms with Crippen molar-refractivity contribution in [3.05, 3.63) is 24.3 Å². The first-order chi connectivity index (χ1) is 9.58. The van der Waals surface area contributed by atoms with Crippen LogP contribution >= 0.6 is 0 Å². The Morgan fingerprint density at radius 1 is 1.35 bits per heavy atom. The molecule has 0 radical (unpaired) electrons. The van der Waals surface area contributed by atoms with E-state index in [1.165, 1.54) is 0 Å². The topological polar surface area (TPSA) is 50.5 Å². The van der Waals surface area contributed by atoms with Crippen LogP contribution in [0.1, 0.15) is 26.7 Å². The van der Waals surface area contributed by atoms with Crippen LogP contribution < -0.4 is 15.8 Å². The molecule has 112 valence electrons. The van der Waals surface area contributed by atoms with Gasteiger partial charge in [0, 0.05) is 37.4 Å². The summed E-state index contributed by atoms with van der Waals surface area (Å²) in [7, 11) is 1.69. The molecule has 0 amide bonds. The Bertz CT molecular complexity index is 425. The molecule has 0 spiro atoms. The molecule has 0 atom stereocenters. The number of nitrogens with two attached hydrogens (primary N) is 1. The van der Waals surface area contributed by atoms with Crippen LogP contribution in [0, 0.1) is 0 Å². The van der Waals surface area contributed by atoms with Gasteiger partial charge in [0.25, 0.3) is 0 Å². The highest BCUT2D eigenvalue weighted by molar-refractivity contribution is 5.50. The van der Waals surface area contributed by atoms with Crippen molar-refractivity contribution >= 4 is 5.69 Å². The summed E-state index contributed by atoms with van der Waals surface area (Å²) < 4.78 is 5.28. The number of nitrogens with one attached hydrogen (secondary N) is 1. The molecule has 2 rings (SSSR count). The summed E-state index contributed by atoms with van der Waals surface area (Å²) in [5, 5.41) is 3.65. The zero-order valence-corrected chi connectivity index (χ0v) is 12.9. The predicted molar refractivity (Wildman–Crippen MR) is 84.3 cm³/mol. The fraction of sp³-hybridized carbons (Fsp3) is 0.625. The average Bonchev–Trinajstić information content (AvgIpc) is 2.48. The van der Waals surface area contributed by atoms with Gasteiger partial charge in [-0.15, -0.1) is 0 Å². The van der Waals surface area contributed by atoms with Gasteiger partial charge in [-0.05, 0) is 38.8 Å². The number of benzene rings is 1. The lowest BCUT2D eigenvalue weighted by Gasteiger charge is -2.43. The van der Waals surface area contributed by atoms with Crippen molar-refractivity contribution in [2.24, 2.45) is 5.73 Å². The van der Waals surface area contributed by atoms with Crippen molar-refractivity contribution in [1.82, 2.24) is 4.90 Å². The summed E-state index contributed by atoms with van der Waals surface area (Å²) in [5.41, 5.74) is 7.17. The predicted octanol–water partition coefficient (Wildman–Crippen LogP) is 2.31. The largest absolute Gasteiger partial charge is 0.497 e. The third-order valence-electron chi connectivity index (χ3n) is 4.36. The second-order valence-corrected chi connectivity index (χ2v) is 5.97. The van der Waals surface area contributed by atoms with Gasteiger partial charge in [0.15, 0.2) is 0 Å². The Hall–Kier alpha value is -1.26. The molecule has 0 saturated carbocycles. The van der Waals surface area contributed by atoms with Gasteiger partial charge in [0.2, 0.25) is 0 Å². The minimum atomic E-state index is 0.0117. The molecule has 0 unspecified atom stereocenters. The van der Waals surface area contributed by atoms with E-state index in [0.29, 0.717) is 12.6 Å². The second kappa shape index (κ2) is 6.46. The maximum Gasteiger partial charge on any atom is 0.120 e. The van der Waals surface area contributed by atoms with Crippen molar-refractivity contribution in [3.8, 4) is 5.75 Å². The summed E-state index contributed by atoms with van der Waals surface area (Å²) in [4.78, 5) is 2.52. The van der Waals surface area contributed by atoms with Gasteiger partial charge in [-0.3, -0.25) is 0 Å². The number of anilines is 1. The number of ether oxygens (including phenoxy) is 1. The van der Waals surface area contributed by atoms with Gasteiger partial charge < -0.3 is 20.7 Å². The van der Waals surface area contributed by atoms with E-state index < -0.39 is 0 Å². The van der Waals surface area contributed by atoms with E-state index in [1.54, 1.807) is 7.11 Å². The van der Waals surface area contributed by atoms with Crippen molar-refractivity contribution in [2.45, 2.75) is 38.3 Å². The molecule has 0 aromatic heterocycles. The highest BCUT2D eigenvalue weighted by Gasteiger charge is 2.33. The van der Waals surface area contributed by atoms with Gasteiger partial charge in [-0.25, -0.2) is 0 Å². The van der Waals surface area contributed by atoms with Crippen molar-refractivity contribution in [1.29, 1.82) is 0 Å². The normalized spacial score (nSPS) is 19.1. The van der Waals surface area contributed by atoms with E-state index >= 15 is 0 Å². The van der Waals surface area contributed by atoms with Crippen LogP contribution in [-0.2, 0) is 0 Å². The molecule has 3 N–H and O–H groups in total. The van der Waals surface area contributed by atoms with Crippen LogP contribution in [-0.4, -0.2) is 43.2 Å². The molecular weight excluding hydrogens is 250 g/mol. The summed E-state index contributed by atoms with van der Waals surface area (Å²) in [5.74, 6) is 0.877. The zero-order chi connectivity index (χ0) is 14.6. The molecule has 1 saturated heterocycles. The van der Waals surface area contributed by atoms with Crippen molar-refractivity contribution in [2.75, 3.05) is 32.1 Å². The van der Waals surface area contributed by atoms with Crippen molar-refractivity contribution < 1.29 is 4.74 Å². The van der Waals surface area contributed by atoms with Crippen LogP contribution in [0.5, 0.6) is 5.75 Å². The molecule has 0 bridgehead atoms. The molecule has 1 fully saturated rings. The number of hydrogen-bond donors (Lipinski definition) is 2. The quantitative estimate of drug-likeness (QED) is 0.867. The first-order valence-corrected chi connectivity index (χ1v) is 7.45. The van der Waals surface area contributed by atoms with Crippen LogP contribution in [0.25, 0.3) is 0 Å². The lowest BCUT2D eigenvalue weighted by Crippen LogP contribution is -2.54. The van der Waals surface area contributed by atoms with Gasteiger partial charge in [-0.1, -0.05) is 6.07 Å². The lowest BCUT2D eigenvalue weighted by atomic mass is 9.86. The third kappa shape index (κ3) is 3.44. The van der Waals surface area contributed by atoms with Gasteiger partial charge >= 0.3 is 0 Å². The molecular formula is C16H27N3O. The number of methoxy groups -OCH3 is 1. The molecule has 1 aromatic rings. The number of hydrogen-bond acceptors (Lipinski definition) is 4. The molecule has 1 aromatic carbocycles. The third-order valence-corrected chi connectivity index (χ3v) is 4.36. The number of likely N-dealkylation sites (tertiary alicyclic amines) is 1. The average molecular weight is 277 g/mol. The summed E-state index contributed by atoms with van der Waals surface area (Å²) in [6.07, 6.45) is 2.16. The number of rotatable bonds is 5. The number of piperidine rings is 1. The molecule has 4 heteroatoms. The fourth-order valence-corrected chi connectivity index (χ4v) is 2.86. The SMILES string of the molecule is COc1cccc(NC2(CN)CCN(C(C)C)CC2)c1. The standard InChI is InChI=1S/C16H27N3O/c1-13(2)19-9-7-16(12-17,8-10-19)18-14-5-4-6-15(11-14)20-3/h4-6,11,13,18H,7-10,12,17H2,1-3H3. The maximum atomic E-state index is 6.07. The highest BCUT2D eigenvalue weighted by Crippen LogP contribution is 2.28. The first-order valence-electron chi connectivity index (χ1n) is 7.45. The van der Waals surface area contributed by atoms with E-state index in [0.717, 1.165) is 37.4 Å². The minimum Gasteiger partial charge on any atom is -0.497 e. The molecule has 0 aliphatic carbocycles. The maximum absolute atomic E-state index is 6.07. The molecule has 4 nitrogen and oxygen atoms in total. The highest BCUT2D eigenvalue weighted by atomic mass is 16.5. The minimum absolute atomic E-state index is 0.0117. The Balaban J connectivity index is 2.05. The fourth-order valence-electron chi connectivity index (χ4n) is 2.86. The van der Waals surface area contributed by atoms with Gasteiger partial charge in [0.1, 0.15) is 5.75 Å². The van der Waals surface area contributed by atoms with E-state index in [1.807, 2.05) is 18.2 Å². The monoisotopic (exact) mass is 277 g/mol. The zero-order valence-electron chi connectivity index (χ0n) is 12.9. The van der Waals surface area contributed by atoms with E-state index in [4.69, 9.17) is 10.5 Å². The van der Waals surface area contributed by atoms with Crippen LogP contribution in [0.4, 0.5) is 5.69 Å². The smallest absolute Gasteiger partial charge is 0.120 e. The van der Waals surface area contributed by atoms with Crippen LogP contribution in [0.15, 0.2) is 24.3 Å². The Morgan fingerprint density at radius 2 is 2.05 bits per heavy atom. The van der Waals surface area contributed by atoms with Crippen molar-refractivity contribution in [3.63, 3.8) is 0 Å². The summed E-state index contributed by atoms with van der Waals surface area (Å²) in [6.45, 7) is 7.38. The second-order valence-electron chi connectivity index (χ2n) is 5.97. The number of nitrogens with zero attached hydrogens (tertiary/aromatic N) is 1. The van der Waals surface area contributed by atoms with E-state index in [9.17, 15) is 0 Å². The summed E-state index contributed by atoms with van der Waals surface area (Å²) in [6, 6.07) is 8.69. The van der Waals surface area contributed by atoms with Crippen LogP contribution in [0.2, 0.25) is 0 Å². The molecule has 1 heterocycles. The molecule has 1 aliphatic rings. The Morgan fingerprint density at radius 3 is 2.60 bits per heavy atom. The molecule has 20 heavy (non-hydrogen) atoms. The summed E-state index contributed by atoms with van der Waals surface area (Å²) >= 11 is 0. The van der Waals surface area contributed by atoms with E-state index in [-0.39, 0.29) is 5.54 Å². The molecule has 1 aliphatic heterocycles. The Labute approximate surface area is 122 Å². The van der Waals surface area contributed by atoms with Crippen LogP contribution in [0.3, 0.4) is 0 Å². The van der Waals surface area contributed by atoms with E-state index in [2.05, 4.69) is 30.1 Å². The Kier molecular flexibility index (Phi) is 4.89. The first kappa shape index (κ1) is 15.1. The lowest BCUT2D eigenvalue weighted by molar-refractivity contribution is 0.144.